The fourth-order valence-electron chi connectivity index (χ4n) is 7.22. The van der Waals surface area contributed by atoms with Crippen molar-refractivity contribution in [2.24, 2.45) is 16.8 Å². The molecule has 3 aliphatic carbocycles. The van der Waals surface area contributed by atoms with Crippen LogP contribution in [-0.4, -0.2) is 23.0 Å². The Bertz CT molecular complexity index is 1740. The van der Waals surface area contributed by atoms with E-state index in [4.69, 9.17) is 4.99 Å². The molecule has 0 spiro atoms. The van der Waals surface area contributed by atoms with Crippen LogP contribution < -0.4 is 4.90 Å². The molecule has 1 saturated heterocycles. The number of nitro groups is 1. The van der Waals surface area contributed by atoms with Gasteiger partial charge in [0.05, 0.1) is 27.9 Å². The molecule has 0 radical (unpaired) electrons. The van der Waals surface area contributed by atoms with Gasteiger partial charge in [-0.2, -0.15) is 0 Å². The third-order valence-electron chi connectivity index (χ3n) is 8.76. The SMILES string of the molecule is Cc1ccc(N=CC23c4ccccc4C(c4ccccc42)[C@@H]2C(=O)N(c4ccccc4[N+](=O)[O-])C(=O)[C@@H]23)c(C)c1. The van der Waals surface area contributed by atoms with Crippen LogP contribution in [-0.2, 0) is 15.0 Å². The number of rotatable bonds is 4. The molecule has 7 nitrogen and oxygen atoms in total. The van der Waals surface area contributed by atoms with E-state index in [1.54, 1.807) is 6.07 Å². The minimum absolute atomic E-state index is 0.00544. The maximum Gasteiger partial charge on any atom is 0.293 e. The number of carbonyl (C=O) groups is 2. The Morgan fingerprint density at radius 2 is 1.48 bits per heavy atom. The quantitative estimate of drug-likeness (QED) is 0.137. The molecule has 0 aromatic heterocycles. The van der Waals surface area contributed by atoms with Crippen molar-refractivity contribution in [1.82, 2.24) is 0 Å². The molecule has 4 aromatic carbocycles. The van der Waals surface area contributed by atoms with Crippen molar-refractivity contribution in [3.05, 3.63) is 134 Å². The molecule has 0 N–H and O–H groups in total. The van der Waals surface area contributed by atoms with Crippen LogP contribution in [0.1, 0.15) is 39.3 Å². The number of hydrogen-bond donors (Lipinski definition) is 0. The number of nitro benzene ring substituents is 1. The molecule has 7 heteroatoms. The molecule has 1 aliphatic heterocycles. The van der Waals surface area contributed by atoms with Crippen molar-refractivity contribution in [2.75, 3.05) is 4.90 Å². The van der Waals surface area contributed by atoms with Crippen molar-refractivity contribution < 1.29 is 14.5 Å². The summed E-state index contributed by atoms with van der Waals surface area (Å²) in [4.78, 5) is 46.2. The van der Waals surface area contributed by atoms with E-state index in [-0.39, 0.29) is 17.3 Å². The molecule has 40 heavy (non-hydrogen) atoms. The summed E-state index contributed by atoms with van der Waals surface area (Å²) in [6.07, 6.45) is 1.85. The summed E-state index contributed by atoms with van der Waals surface area (Å²) in [5.41, 5.74) is 5.47. The van der Waals surface area contributed by atoms with Crippen LogP contribution >= 0.6 is 0 Å². The Morgan fingerprint density at radius 1 is 0.850 bits per heavy atom. The van der Waals surface area contributed by atoms with Gasteiger partial charge in [0, 0.05) is 18.2 Å². The van der Waals surface area contributed by atoms with Gasteiger partial charge in [-0.05, 0) is 53.8 Å². The number of hydrogen-bond acceptors (Lipinski definition) is 5. The highest BCUT2D eigenvalue weighted by Gasteiger charge is 2.68. The van der Waals surface area contributed by atoms with Gasteiger partial charge < -0.3 is 0 Å². The number of carbonyl (C=O) groups excluding carboxylic acids is 2. The second-order valence-electron chi connectivity index (χ2n) is 10.8. The average Bonchev–Trinajstić information content (AvgIpc) is 3.23. The second kappa shape index (κ2) is 8.55. The lowest BCUT2D eigenvalue weighted by molar-refractivity contribution is -0.384. The third kappa shape index (κ3) is 3.09. The Morgan fingerprint density at radius 3 is 2.12 bits per heavy atom. The number of nitrogens with zero attached hydrogens (tertiary/aromatic N) is 3. The number of anilines is 1. The van der Waals surface area contributed by atoms with Crippen molar-refractivity contribution in [3.63, 3.8) is 0 Å². The zero-order valence-corrected chi connectivity index (χ0v) is 21.9. The van der Waals surface area contributed by atoms with Gasteiger partial charge in [-0.3, -0.25) is 24.7 Å². The van der Waals surface area contributed by atoms with Gasteiger partial charge in [0.2, 0.25) is 11.8 Å². The zero-order valence-electron chi connectivity index (χ0n) is 21.9. The maximum atomic E-state index is 14.5. The number of benzene rings is 4. The molecule has 4 aliphatic rings. The normalized spacial score (nSPS) is 24.2. The molecule has 0 saturated carbocycles. The summed E-state index contributed by atoms with van der Waals surface area (Å²) in [7, 11) is 0. The van der Waals surface area contributed by atoms with Crippen LogP contribution in [0.4, 0.5) is 17.1 Å². The molecule has 0 unspecified atom stereocenters. The van der Waals surface area contributed by atoms with Crippen LogP contribution in [0.3, 0.4) is 0 Å². The Kier molecular flexibility index (Phi) is 5.16. The summed E-state index contributed by atoms with van der Waals surface area (Å²) < 4.78 is 0. The Labute approximate surface area is 231 Å². The molecule has 2 atom stereocenters. The highest BCUT2D eigenvalue weighted by atomic mass is 16.6. The number of amides is 2. The van der Waals surface area contributed by atoms with E-state index in [1.165, 1.54) is 18.2 Å². The van der Waals surface area contributed by atoms with E-state index < -0.39 is 34.0 Å². The van der Waals surface area contributed by atoms with E-state index in [0.717, 1.165) is 44.0 Å². The van der Waals surface area contributed by atoms with Gasteiger partial charge in [0.25, 0.3) is 5.69 Å². The van der Waals surface area contributed by atoms with Crippen LogP contribution in [0.2, 0.25) is 0 Å². The smallest absolute Gasteiger partial charge is 0.274 e. The first kappa shape index (κ1) is 24.2. The molecule has 8 rings (SSSR count). The lowest BCUT2D eigenvalue weighted by Crippen LogP contribution is -2.54. The van der Waals surface area contributed by atoms with Gasteiger partial charge in [0.1, 0.15) is 5.69 Å². The fourth-order valence-corrected chi connectivity index (χ4v) is 7.22. The first-order valence-corrected chi connectivity index (χ1v) is 13.3. The first-order valence-electron chi connectivity index (χ1n) is 13.3. The van der Waals surface area contributed by atoms with E-state index >= 15 is 0 Å². The highest BCUT2D eigenvalue weighted by molar-refractivity contribution is 6.25. The minimum Gasteiger partial charge on any atom is -0.274 e. The van der Waals surface area contributed by atoms with Gasteiger partial charge in [-0.15, -0.1) is 0 Å². The van der Waals surface area contributed by atoms with Crippen LogP contribution in [0.5, 0.6) is 0 Å². The lowest BCUT2D eigenvalue weighted by Gasteiger charge is -2.52. The van der Waals surface area contributed by atoms with Crippen LogP contribution in [0, 0.1) is 35.8 Å². The van der Waals surface area contributed by atoms with Crippen molar-refractivity contribution in [1.29, 1.82) is 0 Å². The highest BCUT2D eigenvalue weighted by Crippen LogP contribution is 2.64. The standard InChI is InChI=1S/C33H25N3O4/c1-19-15-16-25(20(2)17-19)34-18-33-23-11-5-3-9-21(23)28(22-10-4-6-12-24(22)33)29-30(33)32(38)35(31(29)37)26-13-7-8-14-27(26)36(39)40/h3-18,28-30H,1-2H3/t28?,29-,30+,33?/m0/s1. The van der Waals surface area contributed by atoms with Gasteiger partial charge in [-0.1, -0.05) is 78.4 Å². The van der Waals surface area contributed by atoms with Gasteiger partial charge >= 0.3 is 0 Å². The van der Waals surface area contributed by atoms with E-state index in [2.05, 4.69) is 6.07 Å². The predicted molar refractivity (Wildman–Crippen MR) is 152 cm³/mol. The zero-order chi connectivity index (χ0) is 27.8. The van der Waals surface area contributed by atoms with Crippen molar-refractivity contribution in [2.45, 2.75) is 25.2 Å². The van der Waals surface area contributed by atoms with E-state index in [1.807, 2.05) is 80.7 Å². The summed E-state index contributed by atoms with van der Waals surface area (Å²) in [5.74, 6) is -2.72. The first-order chi connectivity index (χ1) is 19.3. The fraction of sp³-hybridized carbons (Fsp3) is 0.182. The second-order valence-corrected chi connectivity index (χ2v) is 10.8. The largest absolute Gasteiger partial charge is 0.293 e. The number of aryl methyl sites for hydroxylation is 2. The molecule has 1 heterocycles. The monoisotopic (exact) mass is 527 g/mol. The molecule has 4 aromatic rings. The van der Waals surface area contributed by atoms with Crippen molar-refractivity contribution in [3.8, 4) is 0 Å². The maximum absolute atomic E-state index is 14.5. The van der Waals surface area contributed by atoms with Crippen LogP contribution in [0.15, 0.2) is 96.0 Å². The summed E-state index contributed by atoms with van der Waals surface area (Å²) in [6.45, 7) is 4.03. The third-order valence-corrected chi connectivity index (χ3v) is 8.76. The molecule has 2 amide bonds. The predicted octanol–water partition coefficient (Wildman–Crippen LogP) is 6.16. The Hall–Kier alpha value is -4.91. The lowest BCUT2D eigenvalue weighted by atomic mass is 9.47. The van der Waals surface area contributed by atoms with E-state index in [0.29, 0.717) is 0 Å². The number of para-hydroxylation sites is 2. The molecular formula is C33H25N3O4. The minimum atomic E-state index is -1.03. The van der Waals surface area contributed by atoms with Gasteiger partial charge in [0.15, 0.2) is 0 Å². The van der Waals surface area contributed by atoms with Crippen LogP contribution in [0.25, 0.3) is 0 Å². The molecular weight excluding hydrogens is 502 g/mol. The number of imide groups is 1. The number of aliphatic imine (C=N–C) groups is 1. The summed E-state index contributed by atoms with van der Waals surface area (Å²) in [6, 6.07) is 27.9. The van der Waals surface area contributed by atoms with Gasteiger partial charge in [-0.25, -0.2) is 4.90 Å². The van der Waals surface area contributed by atoms with Crippen molar-refractivity contribution >= 4 is 35.1 Å². The molecule has 1 fully saturated rings. The summed E-state index contributed by atoms with van der Waals surface area (Å²) >= 11 is 0. The topological polar surface area (TPSA) is 92.9 Å². The summed E-state index contributed by atoms with van der Waals surface area (Å²) in [5, 5.41) is 11.9. The average molecular weight is 528 g/mol. The Balaban J connectivity index is 1.51. The molecule has 2 bridgehead atoms. The molecule has 196 valence electrons. The van der Waals surface area contributed by atoms with E-state index in [9.17, 15) is 19.7 Å².